The lowest BCUT2D eigenvalue weighted by Crippen LogP contribution is -2.37. The minimum atomic E-state index is -1.49. The number of carbonyl (C=O) groups excluding carboxylic acids is 2. The molecule has 3 atom stereocenters. The molecule has 3 unspecified atom stereocenters. The van der Waals surface area contributed by atoms with E-state index in [9.17, 15) is 14.7 Å². The first-order valence-corrected chi connectivity index (χ1v) is 11.7. The van der Waals surface area contributed by atoms with Gasteiger partial charge in [0, 0.05) is 14.2 Å². The van der Waals surface area contributed by atoms with E-state index in [4.69, 9.17) is 33.2 Å². The summed E-state index contributed by atoms with van der Waals surface area (Å²) in [6, 6.07) is 9.06. The molecule has 0 aliphatic heterocycles. The van der Waals surface area contributed by atoms with Crippen molar-refractivity contribution in [1.82, 2.24) is 0 Å². The molecule has 0 spiro atoms. The molecule has 3 rings (SSSR count). The second-order valence-corrected chi connectivity index (χ2v) is 8.11. The Labute approximate surface area is 215 Å². The number of ether oxygens (including phenoxy) is 8. The van der Waals surface area contributed by atoms with Gasteiger partial charge in [0.15, 0.2) is 29.8 Å². The molecule has 11 heteroatoms. The number of methoxy groups -OCH3 is 4. The van der Waals surface area contributed by atoms with Crippen molar-refractivity contribution in [2.45, 2.75) is 44.4 Å². The van der Waals surface area contributed by atoms with E-state index in [0.29, 0.717) is 24.3 Å². The molecular formula is C26H32O11. The number of hydrogen-bond acceptors (Lipinski definition) is 11. The Kier molecular flexibility index (Phi) is 10.4. The van der Waals surface area contributed by atoms with Crippen LogP contribution in [0.25, 0.3) is 0 Å². The van der Waals surface area contributed by atoms with E-state index in [0.717, 1.165) is 12.8 Å². The Morgan fingerprint density at radius 2 is 1.32 bits per heavy atom. The highest BCUT2D eigenvalue weighted by Gasteiger charge is 2.32. The van der Waals surface area contributed by atoms with Crippen LogP contribution < -0.4 is 18.9 Å². The van der Waals surface area contributed by atoms with Crippen LogP contribution in [-0.4, -0.2) is 71.0 Å². The third-order valence-electron chi connectivity index (χ3n) is 5.72. The fourth-order valence-corrected chi connectivity index (χ4v) is 3.83. The van der Waals surface area contributed by atoms with Gasteiger partial charge in [-0.25, -0.2) is 9.59 Å². The molecule has 2 aromatic carbocycles. The average Bonchev–Trinajstić information content (AvgIpc) is 2.92. The second kappa shape index (κ2) is 13.7. The minimum Gasteiger partial charge on any atom is -0.493 e. The van der Waals surface area contributed by atoms with Crippen LogP contribution >= 0.6 is 0 Å². The molecule has 1 fully saturated rings. The van der Waals surface area contributed by atoms with Gasteiger partial charge in [0.2, 0.25) is 0 Å². The fourth-order valence-electron chi connectivity index (χ4n) is 3.83. The summed E-state index contributed by atoms with van der Waals surface area (Å²) >= 11 is 0. The Morgan fingerprint density at radius 1 is 0.811 bits per heavy atom. The maximum absolute atomic E-state index is 12.9. The van der Waals surface area contributed by atoms with Crippen LogP contribution in [0.2, 0.25) is 0 Å². The van der Waals surface area contributed by atoms with Crippen LogP contribution in [0.1, 0.15) is 46.4 Å². The smallest absolute Gasteiger partial charge is 0.338 e. The van der Waals surface area contributed by atoms with E-state index in [-0.39, 0.29) is 29.4 Å². The predicted molar refractivity (Wildman–Crippen MR) is 129 cm³/mol. The van der Waals surface area contributed by atoms with E-state index < -0.39 is 30.6 Å². The number of hydrogen-bond donors (Lipinski definition) is 1. The van der Waals surface area contributed by atoms with E-state index >= 15 is 0 Å². The number of rotatable bonds is 12. The highest BCUT2D eigenvalue weighted by molar-refractivity contribution is 5.91. The van der Waals surface area contributed by atoms with Gasteiger partial charge >= 0.3 is 18.4 Å². The molecule has 0 aromatic heterocycles. The summed E-state index contributed by atoms with van der Waals surface area (Å²) in [5.41, 5.74) is 0.485. The molecule has 0 radical (unpaired) electrons. The van der Waals surface area contributed by atoms with E-state index in [1.54, 1.807) is 12.1 Å². The van der Waals surface area contributed by atoms with Crippen LogP contribution in [-0.2, 0) is 18.9 Å². The van der Waals surface area contributed by atoms with E-state index in [2.05, 4.69) is 4.74 Å². The highest BCUT2D eigenvalue weighted by Crippen LogP contribution is 2.32. The van der Waals surface area contributed by atoms with Crippen LogP contribution in [0.15, 0.2) is 36.4 Å². The number of carbonyl (C=O) groups is 2. The monoisotopic (exact) mass is 520 g/mol. The zero-order chi connectivity index (χ0) is 26.8. The molecule has 202 valence electrons. The highest BCUT2D eigenvalue weighted by atomic mass is 16.8. The van der Waals surface area contributed by atoms with Crippen LogP contribution in [0.5, 0.6) is 23.0 Å². The van der Waals surface area contributed by atoms with Gasteiger partial charge in [-0.05, 0) is 62.1 Å². The van der Waals surface area contributed by atoms with Crippen molar-refractivity contribution in [2.75, 3.05) is 35.2 Å². The van der Waals surface area contributed by atoms with Gasteiger partial charge in [-0.1, -0.05) is 0 Å². The summed E-state index contributed by atoms with van der Waals surface area (Å²) in [5.74, 6) is 0.0123. The molecule has 1 aliphatic rings. The summed E-state index contributed by atoms with van der Waals surface area (Å²) in [4.78, 5) is 25.8. The zero-order valence-electron chi connectivity index (χ0n) is 21.3. The number of esters is 2. The molecule has 0 amide bonds. The van der Waals surface area contributed by atoms with Gasteiger partial charge in [-0.2, -0.15) is 0 Å². The van der Waals surface area contributed by atoms with Crippen LogP contribution in [0.4, 0.5) is 0 Å². The number of aliphatic hydroxyl groups excluding tert-OH is 1. The van der Waals surface area contributed by atoms with Crippen LogP contribution in [0.3, 0.4) is 0 Å². The SMILES string of the molecule is COCOc1ccc(C(=O)OC2CCCCC2OC(=O)c2ccc(OC(O)OC)c(OC)c2)cc1OC. The predicted octanol–water partition coefficient (Wildman–Crippen LogP) is 3.31. The topological polar surface area (TPSA) is 128 Å². The molecule has 0 bridgehead atoms. The molecule has 2 aromatic rings. The molecule has 11 nitrogen and oxygen atoms in total. The standard InChI is InChI=1S/C26H32O11/c1-30-15-34-18-11-9-16(13-22(18)31-2)24(27)35-19-7-5-6-8-20(19)36-25(28)17-10-12-21(23(14-17)32-3)37-26(29)33-4/h9-14,19-20,26,29H,5-8,15H2,1-4H3. The summed E-state index contributed by atoms with van der Waals surface area (Å²) in [7, 11) is 5.64. The van der Waals surface area contributed by atoms with Gasteiger partial charge < -0.3 is 43.0 Å². The van der Waals surface area contributed by atoms with Gasteiger partial charge in [0.25, 0.3) is 0 Å². The maximum Gasteiger partial charge on any atom is 0.338 e. The lowest BCUT2D eigenvalue weighted by Gasteiger charge is -2.30. The lowest BCUT2D eigenvalue weighted by molar-refractivity contribution is -0.200. The molecule has 1 N–H and O–H groups in total. The average molecular weight is 521 g/mol. The molecule has 1 aliphatic carbocycles. The Hall–Kier alpha value is -3.54. The third kappa shape index (κ3) is 7.48. The molecule has 0 heterocycles. The van der Waals surface area contributed by atoms with Gasteiger partial charge in [0.05, 0.1) is 25.3 Å². The Balaban J connectivity index is 1.68. The second-order valence-electron chi connectivity index (χ2n) is 8.11. The first-order chi connectivity index (χ1) is 17.9. The van der Waals surface area contributed by atoms with Crippen molar-refractivity contribution in [3.05, 3.63) is 47.5 Å². The largest absolute Gasteiger partial charge is 0.493 e. The number of aliphatic hydroxyl groups is 1. The van der Waals surface area contributed by atoms with E-state index in [1.165, 1.54) is 52.7 Å². The van der Waals surface area contributed by atoms with Gasteiger partial charge in [-0.15, -0.1) is 0 Å². The van der Waals surface area contributed by atoms with Crippen LogP contribution in [0, 0.1) is 0 Å². The number of benzene rings is 2. The normalized spacial score (nSPS) is 17.9. The summed E-state index contributed by atoms with van der Waals surface area (Å²) in [6.07, 6.45) is 1.54. The first kappa shape index (κ1) is 28.0. The van der Waals surface area contributed by atoms with Gasteiger partial charge in [-0.3, -0.25) is 0 Å². The van der Waals surface area contributed by atoms with E-state index in [1.807, 2.05) is 0 Å². The maximum atomic E-state index is 12.9. The molecular weight excluding hydrogens is 488 g/mol. The van der Waals surface area contributed by atoms with Crippen molar-refractivity contribution in [1.29, 1.82) is 0 Å². The lowest BCUT2D eigenvalue weighted by atomic mass is 9.94. The quantitative estimate of drug-likeness (QED) is 0.327. The Bertz CT molecular complexity index is 1050. The third-order valence-corrected chi connectivity index (χ3v) is 5.72. The first-order valence-electron chi connectivity index (χ1n) is 11.7. The van der Waals surface area contributed by atoms with Crippen molar-refractivity contribution >= 4 is 11.9 Å². The molecule has 37 heavy (non-hydrogen) atoms. The fraction of sp³-hybridized carbons (Fsp3) is 0.462. The van der Waals surface area contributed by atoms with Crippen molar-refractivity contribution in [3.63, 3.8) is 0 Å². The van der Waals surface area contributed by atoms with Crippen molar-refractivity contribution in [2.24, 2.45) is 0 Å². The zero-order valence-corrected chi connectivity index (χ0v) is 21.3. The summed E-state index contributed by atoms with van der Waals surface area (Å²) in [6.45, 7) is -1.45. The Morgan fingerprint density at radius 3 is 1.81 bits per heavy atom. The summed E-state index contributed by atoms with van der Waals surface area (Å²) in [5, 5.41) is 9.54. The van der Waals surface area contributed by atoms with Crippen molar-refractivity contribution in [3.8, 4) is 23.0 Å². The molecule has 0 saturated heterocycles. The van der Waals surface area contributed by atoms with Crippen molar-refractivity contribution < 1.29 is 52.6 Å². The minimum absolute atomic E-state index is 0.0337. The summed E-state index contributed by atoms with van der Waals surface area (Å²) < 4.78 is 42.2. The molecule has 1 saturated carbocycles. The van der Waals surface area contributed by atoms with Gasteiger partial charge in [0.1, 0.15) is 12.2 Å².